The number of rotatable bonds is 4. The van der Waals surface area contributed by atoms with Gasteiger partial charge in [0.05, 0.1) is 5.25 Å². The van der Waals surface area contributed by atoms with Crippen LogP contribution in [0.1, 0.15) is 18.1 Å². The molecular formula is C13H13N5OS. The zero-order valence-corrected chi connectivity index (χ0v) is 11.9. The summed E-state index contributed by atoms with van der Waals surface area (Å²) in [5.41, 5.74) is 0.943. The van der Waals surface area contributed by atoms with Gasteiger partial charge in [-0.25, -0.2) is 0 Å². The molecule has 0 aliphatic carbocycles. The molecule has 0 aliphatic rings. The van der Waals surface area contributed by atoms with Gasteiger partial charge in [0.15, 0.2) is 5.16 Å². The Morgan fingerprint density at radius 2 is 2.05 bits per heavy atom. The fraction of sp³-hybridized carbons (Fsp3) is 0.231. The number of benzene rings is 1. The van der Waals surface area contributed by atoms with Crippen LogP contribution in [0, 0.1) is 0 Å². The lowest BCUT2D eigenvalue weighted by molar-refractivity contribution is 0.380. The van der Waals surface area contributed by atoms with Gasteiger partial charge in [-0.1, -0.05) is 47.3 Å². The smallest absolute Gasteiger partial charge is 0.240 e. The molecule has 0 saturated carbocycles. The molecular weight excluding hydrogens is 274 g/mol. The molecule has 2 heterocycles. The Bertz CT molecular complexity index is 694. The van der Waals surface area contributed by atoms with Gasteiger partial charge < -0.3 is 9.09 Å². The predicted molar refractivity (Wildman–Crippen MR) is 75.0 cm³/mol. The van der Waals surface area contributed by atoms with Crippen molar-refractivity contribution in [3.8, 4) is 11.4 Å². The molecule has 6 nitrogen and oxygen atoms in total. The third-order valence-corrected chi connectivity index (χ3v) is 3.91. The number of nitrogens with zero attached hydrogens (tertiary/aromatic N) is 5. The fourth-order valence-electron chi connectivity index (χ4n) is 1.69. The highest BCUT2D eigenvalue weighted by Gasteiger charge is 2.18. The van der Waals surface area contributed by atoms with E-state index in [4.69, 9.17) is 4.52 Å². The maximum absolute atomic E-state index is 5.33. The second-order valence-corrected chi connectivity index (χ2v) is 5.61. The molecule has 0 spiro atoms. The van der Waals surface area contributed by atoms with E-state index in [2.05, 4.69) is 20.3 Å². The summed E-state index contributed by atoms with van der Waals surface area (Å²) in [4.78, 5) is 4.43. The van der Waals surface area contributed by atoms with E-state index in [1.807, 2.05) is 48.9 Å². The van der Waals surface area contributed by atoms with Crippen molar-refractivity contribution in [3.63, 3.8) is 0 Å². The Morgan fingerprint density at radius 1 is 1.25 bits per heavy atom. The third kappa shape index (κ3) is 2.57. The molecule has 0 bridgehead atoms. The van der Waals surface area contributed by atoms with E-state index < -0.39 is 0 Å². The molecule has 3 aromatic rings. The SMILES string of the molecule is CC(Sc1nncn1C)c1nc(-c2ccccc2)no1. The first-order valence-corrected chi connectivity index (χ1v) is 7.01. The first-order chi connectivity index (χ1) is 9.74. The van der Waals surface area contributed by atoms with Crippen molar-refractivity contribution in [2.45, 2.75) is 17.3 Å². The summed E-state index contributed by atoms with van der Waals surface area (Å²) < 4.78 is 7.19. The summed E-state index contributed by atoms with van der Waals surface area (Å²) >= 11 is 1.53. The average Bonchev–Trinajstić information content (AvgIpc) is 3.10. The summed E-state index contributed by atoms with van der Waals surface area (Å²) in [5, 5.41) is 12.7. The summed E-state index contributed by atoms with van der Waals surface area (Å²) in [6.07, 6.45) is 1.66. The lowest BCUT2D eigenvalue weighted by Gasteiger charge is -2.04. The molecule has 0 aliphatic heterocycles. The van der Waals surface area contributed by atoms with E-state index in [1.165, 1.54) is 11.8 Å². The third-order valence-electron chi connectivity index (χ3n) is 2.77. The molecule has 2 aromatic heterocycles. The minimum Gasteiger partial charge on any atom is -0.338 e. The molecule has 1 atom stereocenters. The zero-order chi connectivity index (χ0) is 13.9. The van der Waals surface area contributed by atoms with Crippen LogP contribution in [0.4, 0.5) is 0 Å². The standard InChI is InChI=1S/C13H13N5OS/c1-9(20-13-16-14-8-18(13)2)12-15-11(17-19-12)10-6-4-3-5-7-10/h3-9H,1-2H3. The van der Waals surface area contributed by atoms with Gasteiger partial charge in [0, 0.05) is 12.6 Å². The number of hydrogen-bond donors (Lipinski definition) is 0. The maximum Gasteiger partial charge on any atom is 0.240 e. The van der Waals surface area contributed by atoms with Crippen LogP contribution in [0.3, 0.4) is 0 Å². The van der Waals surface area contributed by atoms with Crippen molar-refractivity contribution in [3.05, 3.63) is 42.5 Å². The summed E-state index contributed by atoms with van der Waals surface area (Å²) in [5.74, 6) is 1.18. The van der Waals surface area contributed by atoms with E-state index in [0.717, 1.165) is 10.7 Å². The molecule has 0 fully saturated rings. The van der Waals surface area contributed by atoms with Gasteiger partial charge in [-0.2, -0.15) is 4.98 Å². The van der Waals surface area contributed by atoms with Crippen molar-refractivity contribution in [1.29, 1.82) is 0 Å². The Labute approximate surface area is 120 Å². The van der Waals surface area contributed by atoms with E-state index in [-0.39, 0.29) is 5.25 Å². The van der Waals surface area contributed by atoms with Crippen molar-refractivity contribution in [2.24, 2.45) is 7.05 Å². The van der Waals surface area contributed by atoms with Crippen LogP contribution < -0.4 is 0 Å². The lowest BCUT2D eigenvalue weighted by Crippen LogP contribution is -1.94. The van der Waals surface area contributed by atoms with Crippen molar-refractivity contribution in [2.75, 3.05) is 0 Å². The molecule has 7 heteroatoms. The van der Waals surface area contributed by atoms with Gasteiger partial charge in [0.1, 0.15) is 6.33 Å². The summed E-state index contributed by atoms with van der Waals surface area (Å²) in [7, 11) is 1.90. The molecule has 102 valence electrons. The normalized spacial score (nSPS) is 12.5. The second-order valence-electron chi connectivity index (χ2n) is 4.31. The van der Waals surface area contributed by atoms with Gasteiger partial charge in [-0.05, 0) is 6.92 Å². The van der Waals surface area contributed by atoms with E-state index >= 15 is 0 Å². The number of thioether (sulfide) groups is 1. The molecule has 3 rings (SSSR count). The number of aromatic nitrogens is 5. The second kappa shape index (κ2) is 5.46. The van der Waals surface area contributed by atoms with Gasteiger partial charge >= 0.3 is 0 Å². The Hall–Kier alpha value is -2.15. The molecule has 1 unspecified atom stereocenters. The lowest BCUT2D eigenvalue weighted by atomic mass is 10.2. The van der Waals surface area contributed by atoms with Crippen molar-refractivity contribution in [1.82, 2.24) is 24.9 Å². The van der Waals surface area contributed by atoms with Crippen molar-refractivity contribution >= 4 is 11.8 Å². The van der Waals surface area contributed by atoms with Crippen LogP contribution in [0.15, 0.2) is 46.3 Å². The molecule has 0 amide bonds. The quantitative estimate of drug-likeness (QED) is 0.687. The predicted octanol–water partition coefficient (Wildman–Crippen LogP) is 2.72. The highest BCUT2D eigenvalue weighted by molar-refractivity contribution is 7.99. The maximum atomic E-state index is 5.33. The van der Waals surface area contributed by atoms with Crippen LogP contribution in [-0.2, 0) is 7.05 Å². The highest BCUT2D eigenvalue weighted by Crippen LogP contribution is 2.32. The molecule has 0 saturated heterocycles. The minimum absolute atomic E-state index is 0.0165. The molecule has 0 radical (unpaired) electrons. The van der Waals surface area contributed by atoms with Gasteiger partial charge in [0.25, 0.3) is 0 Å². The van der Waals surface area contributed by atoms with Crippen LogP contribution in [0.2, 0.25) is 0 Å². The van der Waals surface area contributed by atoms with Crippen LogP contribution in [-0.4, -0.2) is 24.9 Å². The molecule has 1 aromatic carbocycles. The van der Waals surface area contributed by atoms with Crippen LogP contribution in [0.25, 0.3) is 11.4 Å². The first-order valence-electron chi connectivity index (χ1n) is 6.13. The molecule has 0 N–H and O–H groups in total. The molecule has 20 heavy (non-hydrogen) atoms. The Morgan fingerprint density at radius 3 is 2.75 bits per heavy atom. The van der Waals surface area contributed by atoms with Crippen LogP contribution in [0.5, 0.6) is 0 Å². The number of hydrogen-bond acceptors (Lipinski definition) is 6. The average molecular weight is 287 g/mol. The topological polar surface area (TPSA) is 69.6 Å². The zero-order valence-electron chi connectivity index (χ0n) is 11.1. The van der Waals surface area contributed by atoms with Gasteiger partial charge in [-0.3, -0.25) is 0 Å². The van der Waals surface area contributed by atoms with Gasteiger partial charge in [-0.15, -0.1) is 10.2 Å². The monoisotopic (exact) mass is 287 g/mol. The Kier molecular flexibility index (Phi) is 3.51. The fourth-order valence-corrected chi connectivity index (χ4v) is 2.51. The van der Waals surface area contributed by atoms with E-state index in [0.29, 0.717) is 11.7 Å². The van der Waals surface area contributed by atoms with E-state index in [1.54, 1.807) is 6.33 Å². The minimum atomic E-state index is 0.0165. The van der Waals surface area contributed by atoms with Crippen molar-refractivity contribution < 1.29 is 4.52 Å². The van der Waals surface area contributed by atoms with Gasteiger partial charge in [0.2, 0.25) is 11.7 Å². The highest BCUT2D eigenvalue weighted by atomic mass is 32.2. The summed E-state index contributed by atoms with van der Waals surface area (Å²) in [6, 6.07) is 9.76. The number of aryl methyl sites for hydroxylation is 1. The summed E-state index contributed by atoms with van der Waals surface area (Å²) in [6.45, 7) is 2.00. The Balaban J connectivity index is 1.78. The van der Waals surface area contributed by atoms with E-state index in [9.17, 15) is 0 Å². The largest absolute Gasteiger partial charge is 0.338 e. The van der Waals surface area contributed by atoms with Crippen LogP contribution >= 0.6 is 11.8 Å². The first kappa shape index (κ1) is 12.9.